The average molecular weight is 254 g/mol. The van der Waals surface area contributed by atoms with Crippen LogP contribution in [0.25, 0.3) is 0 Å². The highest BCUT2D eigenvalue weighted by atomic mass is 19.4. The molecule has 1 aromatic heterocycles. The van der Waals surface area contributed by atoms with E-state index in [0.717, 1.165) is 12.1 Å². The van der Waals surface area contributed by atoms with E-state index in [1.807, 2.05) is 0 Å². The smallest absolute Gasteiger partial charge is 0.417 e. The number of hydrogen-bond acceptors (Lipinski definition) is 2. The number of alkyl halides is 3. The van der Waals surface area contributed by atoms with E-state index in [9.17, 15) is 18.0 Å². The Morgan fingerprint density at radius 1 is 1.11 bits per heavy atom. The molecule has 2 rings (SSSR count). The van der Waals surface area contributed by atoms with Crippen LogP contribution in [-0.2, 0) is 6.18 Å². The third-order valence-corrected chi connectivity index (χ3v) is 2.58. The number of carbonyl (C=O) groups is 1. The second kappa shape index (κ2) is 4.33. The maximum absolute atomic E-state index is 12.8. The van der Waals surface area contributed by atoms with Crippen molar-refractivity contribution < 1.29 is 22.4 Å². The molecule has 0 aliphatic carbocycles. The van der Waals surface area contributed by atoms with Crippen molar-refractivity contribution in [3.8, 4) is 0 Å². The van der Waals surface area contributed by atoms with E-state index < -0.39 is 17.5 Å². The number of ketones is 1. The molecule has 0 aliphatic rings. The Bertz CT molecular complexity index is 582. The fraction of sp³-hybridized carbons (Fsp3) is 0.154. The zero-order valence-electron chi connectivity index (χ0n) is 9.41. The van der Waals surface area contributed by atoms with Gasteiger partial charge < -0.3 is 4.42 Å². The first kappa shape index (κ1) is 12.4. The Kier molecular flexibility index (Phi) is 2.98. The summed E-state index contributed by atoms with van der Waals surface area (Å²) in [4.78, 5) is 12.0. The molecule has 2 aromatic rings. The minimum Gasteiger partial charge on any atom is -0.469 e. The van der Waals surface area contributed by atoms with E-state index in [-0.39, 0.29) is 11.1 Å². The molecule has 0 bridgehead atoms. The van der Waals surface area contributed by atoms with Crippen molar-refractivity contribution in [1.29, 1.82) is 0 Å². The molecule has 0 unspecified atom stereocenters. The summed E-state index contributed by atoms with van der Waals surface area (Å²) in [6.07, 6.45) is -3.28. The van der Waals surface area contributed by atoms with Crippen molar-refractivity contribution in [2.75, 3.05) is 0 Å². The van der Waals surface area contributed by atoms with Gasteiger partial charge in [0.2, 0.25) is 0 Å². The van der Waals surface area contributed by atoms with Gasteiger partial charge in [0.05, 0.1) is 17.4 Å². The van der Waals surface area contributed by atoms with E-state index in [1.54, 1.807) is 0 Å². The number of rotatable bonds is 2. The van der Waals surface area contributed by atoms with Crippen LogP contribution in [0.2, 0.25) is 0 Å². The molecule has 0 radical (unpaired) electrons. The lowest BCUT2D eigenvalue weighted by molar-refractivity contribution is -0.137. The summed E-state index contributed by atoms with van der Waals surface area (Å²) < 4.78 is 43.3. The summed E-state index contributed by atoms with van der Waals surface area (Å²) in [5.74, 6) is -0.383. The maximum Gasteiger partial charge on any atom is 0.417 e. The Labute approximate surface area is 101 Å². The van der Waals surface area contributed by atoms with Crippen LogP contribution in [0.4, 0.5) is 13.2 Å². The van der Waals surface area contributed by atoms with Crippen molar-refractivity contribution in [2.45, 2.75) is 13.1 Å². The number of furan rings is 1. The highest BCUT2D eigenvalue weighted by Crippen LogP contribution is 2.33. The summed E-state index contributed by atoms with van der Waals surface area (Å²) in [5, 5.41) is 0. The van der Waals surface area contributed by atoms with Gasteiger partial charge in [-0.25, -0.2) is 0 Å². The molecule has 94 valence electrons. The summed E-state index contributed by atoms with van der Waals surface area (Å²) in [6.45, 7) is 1.53. The van der Waals surface area contributed by atoms with Gasteiger partial charge in [-0.3, -0.25) is 4.79 Å². The predicted molar refractivity (Wildman–Crippen MR) is 58.3 cm³/mol. The standard InChI is InChI=1S/C13H9F3O2/c1-8-9(6-7-18-8)12(17)10-4-2-3-5-11(10)13(14,15)16/h2-7H,1H3. The number of hydrogen-bond donors (Lipinski definition) is 0. The van der Waals surface area contributed by atoms with Crippen molar-refractivity contribution >= 4 is 5.78 Å². The molecule has 0 fully saturated rings. The average Bonchev–Trinajstić information content (AvgIpc) is 2.73. The number of carbonyl (C=O) groups excluding carboxylic acids is 1. The second-order valence-electron chi connectivity index (χ2n) is 3.76. The number of aryl methyl sites for hydroxylation is 1. The lowest BCUT2D eigenvalue weighted by Gasteiger charge is -2.11. The molecule has 0 N–H and O–H groups in total. The van der Waals surface area contributed by atoms with E-state index in [1.165, 1.54) is 31.4 Å². The first-order chi connectivity index (χ1) is 8.41. The third-order valence-electron chi connectivity index (χ3n) is 2.58. The minimum atomic E-state index is -4.55. The number of halogens is 3. The summed E-state index contributed by atoms with van der Waals surface area (Å²) in [6, 6.07) is 6.07. The summed E-state index contributed by atoms with van der Waals surface area (Å²) in [5.41, 5.74) is -1.16. The van der Waals surface area contributed by atoms with Crippen LogP contribution in [0.3, 0.4) is 0 Å². The van der Waals surface area contributed by atoms with E-state index in [0.29, 0.717) is 5.76 Å². The van der Waals surface area contributed by atoms with Gasteiger partial charge in [0.25, 0.3) is 0 Å². The van der Waals surface area contributed by atoms with Crippen molar-refractivity contribution in [3.05, 3.63) is 59.0 Å². The predicted octanol–water partition coefficient (Wildman–Crippen LogP) is 3.84. The fourth-order valence-corrected chi connectivity index (χ4v) is 1.69. The molecule has 0 aliphatic heterocycles. The SMILES string of the molecule is Cc1occc1C(=O)c1ccccc1C(F)(F)F. The van der Waals surface area contributed by atoms with Crippen molar-refractivity contribution in [3.63, 3.8) is 0 Å². The van der Waals surface area contributed by atoms with Crippen LogP contribution >= 0.6 is 0 Å². The molecule has 0 spiro atoms. The quantitative estimate of drug-likeness (QED) is 0.762. The van der Waals surface area contributed by atoms with Crippen molar-refractivity contribution in [2.24, 2.45) is 0 Å². The largest absolute Gasteiger partial charge is 0.469 e. The van der Waals surface area contributed by atoms with Crippen LogP contribution in [-0.4, -0.2) is 5.78 Å². The van der Waals surface area contributed by atoms with E-state index >= 15 is 0 Å². The Hall–Kier alpha value is -2.04. The first-order valence-electron chi connectivity index (χ1n) is 5.16. The van der Waals surface area contributed by atoms with Crippen LogP contribution in [0.5, 0.6) is 0 Å². The van der Waals surface area contributed by atoms with Gasteiger partial charge >= 0.3 is 6.18 Å². The molecule has 2 nitrogen and oxygen atoms in total. The Morgan fingerprint density at radius 2 is 1.78 bits per heavy atom. The van der Waals surface area contributed by atoms with Gasteiger partial charge in [0.1, 0.15) is 5.76 Å². The van der Waals surface area contributed by atoms with Gasteiger partial charge in [0.15, 0.2) is 5.78 Å². The highest BCUT2D eigenvalue weighted by molar-refractivity contribution is 6.10. The summed E-state index contributed by atoms with van der Waals surface area (Å²) in [7, 11) is 0. The molecule has 18 heavy (non-hydrogen) atoms. The summed E-state index contributed by atoms with van der Waals surface area (Å²) >= 11 is 0. The van der Waals surface area contributed by atoms with Gasteiger partial charge in [0, 0.05) is 5.56 Å². The zero-order valence-corrected chi connectivity index (χ0v) is 9.41. The van der Waals surface area contributed by atoms with Gasteiger partial charge in [-0.2, -0.15) is 13.2 Å². The zero-order chi connectivity index (χ0) is 13.3. The first-order valence-corrected chi connectivity index (χ1v) is 5.16. The molecule has 0 amide bonds. The molecule has 1 heterocycles. The molecule has 0 saturated heterocycles. The second-order valence-corrected chi connectivity index (χ2v) is 3.76. The fourth-order valence-electron chi connectivity index (χ4n) is 1.69. The third kappa shape index (κ3) is 2.16. The van der Waals surface area contributed by atoms with Crippen LogP contribution < -0.4 is 0 Å². The van der Waals surface area contributed by atoms with E-state index in [2.05, 4.69) is 0 Å². The minimum absolute atomic E-state index is 0.145. The maximum atomic E-state index is 12.8. The van der Waals surface area contributed by atoms with Crippen LogP contribution in [0.15, 0.2) is 41.0 Å². The Balaban J connectivity index is 2.53. The van der Waals surface area contributed by atoms with Gasteiger partial charge in [-0.15, -0.1) is 0 Å². The lowest BCUT2D eigenvalue weighted by atomic mass is 9.98. The molecular formula is C13H9F3O2. The van der Waals surface area contributed by atoms with Gasteiger partial charge in [-0.05, 0) is 19.1 Å². The highest BCUT2D eigenvalue weighted by Gasteiger charge is 2.35. The number of benzene rings is 1. The van der Waals surface area contributed by atoms with Gasteiger partial charge in [-0.1, -0.05) is 18.2 Å². The Morgan fingerprint density at radius 3 is 2.33 bits per heavy atom. The lowest BCUT2D eigenvalue weighted by Crippen LogP contribution is -2.13. The monoisotopic (exact) mass is 254 g/mol. The molecule has 0 saturated carbocycles. The normalized spacial score (nSPS) is 11.6. The van der Waals surface area contributed by atoms with Crippen molar-refractivity contribution in [1.82, 2.24) is 0 Å². The van der Waals surface area contributed by atoms with Crippen LogP contribution in [0, 0.1) is 6.92 Å². The van der Waals surface area contributed by atoms with E-state index in [4.69, 9.17) is 4.42 Å². The molecule has 1 aromatic carbocycles. The topological polar surface area (TPSA) is 30.2 Å². The molecule has 0 atom stereocenters. The molecular weight excluding hydrogens is 245 g/mol. The van der Waals surface area contributed by atoms with Crippen LogP contribution in [0.1, 0.15) is 27.2 Å². The molecule has 5 heteroatoms.